The summed E-state index contributed by atoms with van der Waals surface area (Å²) in [5, 5.41) is 14.5. The molecule has 6 heteroatoms. The van der Waals surface area contributed by atoms with Crippen LogP contribution in [0.4, 0.5) is 5.69 Å². The van der Waals surface area contributed by atoms with Crippen LogP contribution in [0.15, 0.2) is 65.9 Å². The molecule has 1 unspecified atom stereocenters. The van der Waals surface area contributed by atoms with Crippen molar-refractivity contribution in [1.29, 1.82) is 0 Å². The second-order valence-corrected chi connectivity index (χ2v) is 13.3. The number of nitro benzene ring substituents is 1. The van der Waals surface area contributed by atoms with E-state index in [-0.39, 0.29) is 10.6 Å². The summed E-state index contributed by atoms with van der Waals surface area (Å²) in [6, 6.07) is 19.1. The maximum Gasteiger partial charge on any atom is 0.270 e. The highest BCUT2D eigenvalue weighted by Crippen LogP contribution is 2.47. The first-order valence-electron chi connectivity index (χ1n) is 9.49. The largest absolute Gasteiger partial charge is 0.454 e. The minimum atomic E-state index is -1.93. The highest BCUT2D eigenvalue weighted by molar-refractivity contribution is 6.84. The van der Waals surface area contributed by atoms with Crippen LogP contribution in [-0.2, 0) is 10.5 Å². The van der Waals surface area contributed by atoms with Crippen molar-refractivity contribution in [2.24, 2.45) is 0 Å². The van der Waals surface area contributed by atoms with Gasteiger partial charge in [-0.05, 0) is 34.2 Å². The fraction of sp³-hybridized carbons (Fsp3) is 0.217. The molecule has 5 nitrogen and oxygen atoms in total. The number of methoxy groups -OCH3 is 1. The van der Waals surface area contributed by atoms with Crippen molar-refractivity contribution in [1.82, 2.24) is 0 Å². The third-order valence-corrected chi connectivity index (χ3v) is 7.43. The maximum absolute atomic E-state index is 11.2. The Balaban J connectivity index is 1.95. The lowest BCUT2D eigenvalue weighted by Crippen LogP contribution is -2.47. The fourth-order valence-corrected chi connectivity index (χ4v) is 5.78. The van der Waals surface area contributed by atoms with Crippen LogP contribution in [0.1, 0.15) is 11.1 Å². The molecule has 0 radical (unpaired) electrons. The molecule has 3 aromatic rings. The Morgan fingerprint density at radius 3 is 2.38 bits per heavy atom. The Hall–Kier alpha value is -2.96. The lowest BCUT2D eigenvalue weighted by Gasteiger charge is -2.43. The molecule has 1 heterocycles. The van der Waals surface area contributed by atoms with Gasteiger partial charge in [-0.1, -0.05) is 56.0 Å². The molecule has 1 atom stereocenters. The summed E-state index contributed by atoms with van der Waals surface area (Å²) >= 11 is 0. The first-order valence-corrected chi connectivity index (χ1v) is 13.0. The molecule has 0 N–H and O–H groups in total. The molecule has 0 aromatic heterocycles. The number of ether oxygens (including phenoxy) is 2. The van der Waals surface area contributed by atoms with Crippen molar-refractivity contribution >= 4 is 30.6 Å². The third kappa shape index (κ3) is 3.24. The number of hydrogen-bond donors (Lipinski definition) is 0. The minimum Gasteiger partial charge on any atom is -0.454 e. The Kier molecular flexibility index (Phi) is 4.56. The van der Waals surface area contributed by atoms with Gasteiger partial charge in [0.15, 0.2) is 0 Å². The third-order valence-electron chi connectivity index (χ3n) is 5.34. The van der Waals surface area contributed by atoms with Crippen molar-refractivity contribution in [2.75, 3.05) is 7.11 Å². The standard InChI is InChI=1S/C23H23NO4Si/c1-27-23(19-10-9-16-7-5-6-8-17(16)13-19)22(29(2,3)4)15-18-14-20(24(25)26)11-12-21(18)28-23/h5-15H,1-4H3. The van der Waals surface area contributed by atoms with E-state index in [4.69, 9.17) is 9.47 Å². The summed E-state index contributed by atoms with van der Waals surface area (Å²) in [6.45, 7) is 6.66. The van der Waals surface area contributed by atoms with Crippen molar-refractivity contribution in [3.8, 4) is 5.75 Å². The van der Waals surface area contributed by atoms with E-state index in [2.05, 4.69) is 43.9 Å². The van der Waals surface area contributed by atoms with E-state index in [0.717, 1.165) is 21.5 Å². The smallest absolute Gasteiger partial charge is 0.270 e. The molecule has 0 saturated carbocycles. The normalized spacial score (nSPS) is 18.7. The van der Waals surface area contributed by atoms with E-state index >= 15 is 0 Å². The summed E-state index contributed by atoms with van der Waals surface area (Å²) in [5.41, 5.74) is 1.68. The van der Waals surface area contributed by atoms with Gasteiger partial charge in [-0.25, -0.2) is 0 Å². The molecule has 0 aliphatic carbocycles. The quantitative estimate of drug-likeness (QED) is 0.308. The lowest BCUT2D eigenvalue weighted by atomic mass is 9.97. The Morgan fingerprint density at radius 2 is 1.72 bits per heavy atom. The van der Waals surface area contributed by atoms with E-state index in [9.17, 15) is 10.1 Å². The van der Waals surface area contributed by atoms with E-state index in [0.29, 0.717) is 11.3 Å². The average Bonchev–Trinajstić information content (AvgIpc) is 2.71. The Bertz CT molecular complexity index is 1150. The zero-order valence-electron chi connectivity index (χ0n) is 16.9. The van der Waals surface area contributed by atoms with Crippen molar-refractivity contribution in [2.45, 2.75) is 25.4 Å². The summed E-state index contributed by atoms with van der Waals surface area (Å²) in [4.78, 5) is 10.8. The van der Waals surface area contributed by atoms with Crippen LogP contribution < -0.4 is 4.74 Å². The average molecular weight is 406 g/mol. The topological polar surface area (TPSA) is 61.6 Å². The molecule has 148 valence electrons. The van der Waals surface area contributed by atoms with Crippen LogP contribution in [0.2, 0.25) is 19.6 Å². The van der Waals surface area contributed by atoms with Crippen LogP contribution in [0, 0.1) is 10.1 Å². The van der Waals surface area contributed by atoms with Gasteiger partial charge in [0.2, 0.25) is 0 Å². The number of nitro groups is 1. The number of fused-ring (bicyclic) bond motifs is 2. The van der Waals surface area contributed by atoms with Gasteiger partial charge in [-0.2, -0.15) is 0 Å². The zero-order chi connectivity index (χ0) is 20.8. The molecule has 0 spiro atoms. The van der Waals surface area contributed by atoms with Crippen LogP contribution in [0.5, 0.6) is 5.75 Å². The molecule has 4 rings (SSSR count). The monoisotopic (exact) mass is 405 g/mol. The predicted octanol–water partition coefficient (Wildman–Crippen LogP) is 5.90. The van der Waals surface area contributed by atoms with E-state index < -0.39 is 13.9 Å². The molecule has 0 fully saturated rings. The van der Waals surface area contributed by atoms with Gasteiger partial charge in [-0.3, -0.25) is 10.1 Å². The second kappa shape index (κ2) is 6.83. The Labute approximate surface area is 170 Å². The number of rotatable bonds is 4. The van der Waals surface area contributed by atoms with Gasteiger partial charge < -0.3 is 9.47 Å². The SMILES string of the molecule is COC1(c2ccc3ccccc3c2)Oc2ccc([N+](=O)[O-])cc2C=C1[Si](C)(C)C. The molecule has 0 saturated heterocycles. The summed E-state index contributed by atoms with van der Waals surface area (Å²) in [6.07, 6.45) is 2.02. The van der Waals surface area contributed by atoms with Gasteiger partial charge in [0.05, 0.1) is 13.0 Å². The molecule has 29 heavy (non-hydrogen) atoms. The Morgan fingerprint density at radius 1 is 1.00 bits per heavy atom. The van der Waals surface area contributed by atoms with E-state index in [1.807, 2.05) is 24.3 Å². The van der Waals surface area contributed by atoms with Gasteiger partial charge in [-0.15, -0.1) is 0 Å². The van der Waals surface area contributed by atoms with Gasteiger partial charge in [0, 0.05) is 30.4 Å². The van der Waals surface area contributed by atoms with Crippen LogP contribution >= 0.6 is 0 Å². The summed E-state index contributed by atoms with van der Waals surface area (Å²) in [5.74, 6) is -0.481. The van der Waals surface area contributed by atoms with Crippen LogP contribution in [0.25, 0.3) is 16.8 Å². The van der Waals surface area contributed by atoms with Crippen LogP contribution in [-0.4, -0.2) is 20.1 Å². The lowest BCUT2D eigenvalue weighted by molar-refractivity contribution is -0.384. The molecule has 0 bridgehead atoms. The highest BCUT2D eigenvalue weighted by atomic mass is 28.3. The van der Waals surface area contributed by atoms with Gasteiger partial charge in [0.1, 0.15) is 5.75 Å². The predicted molar refractivity (Wildman–Crippen MR) is 118 cm³/mol. The summed E-state index contributed by atoms with van der Waals surface area (Å²) < 4.78 is 12.6. The number of non-ortho nitro benzene ring substituents is 1. The molecular weight excluding hydrogens is 382 g/mol. The first-order chi connectivity index (χ1) is 13.7. The van der Waals surface area contributed by atoms with Crippen molar-refractivity contribution in [3.05, 3.63) is 87.1 Å². The fourth-order valence-electron chi connectivity index (χ4n) is 3.90. The van der Waals surface area contributed by atoms with Crippen molar-refractivity contribution < 1.29 is 14.4 Å². The number of benzene rings is 3. The summed E-state index contributed by atoms with van der Waals surface area (Å²) in [7, 11) is -0.283. The van der Waals surface area contributed by atoms with Crippen LogP contribution in [0.3, 0.4) is 0 Å². The van der Waals surface area contributed by atoms with E-state index in [1.165, 1.54) is 6.07 Å². The van der Waals surface area contributed by atoms with Gasteiger partial charge >= 0.3 is 0 Å². The zero-order valence-corrected chi connectivity index (χ0v) is 17.9. The second-order valence-electron chi connectivity index (χ2n) is 8.27. The minimum absolute atomic E-state index is 0.0501. The van der Waals surface area contributed by atoms with Crippen molar-refractivity contribution in [3.63, 3.8) is 0 Å². The molecule has 0 amide bonds. The molecule has 1 aliphatic heterocycles. The maximum atomic E-state index is 11.2. The van der Waals surface area contributed by atoms with Gasteiger partial charge in [0.25, 0.3) is 11.5 Å². The molecule has 1 aliphatic rings. The number of nitrogens with zero attached hydrogens (tertiary/aromatic N) is 1. The molecule has 3 aromatic carbocycles. The highest BCUT2D eigenvalue weighted by Gasteiger charge is 2.47. The first kappa shape index (κ1) is 19.4. The molecular formula is C23H23NO4Si. The number of hydrogen-bond acceptors (Lipinski definition) is 4. The van der Waals surface area contributed by atoms with E-state index in [1.54, 1.807) is 19.2 Å².